The van der Waals surface area contributed by atoms with E-state index in [2.05, 4.69) is 21.4 Å². The summed E-state index contributed by atoms with van der Waals surface area (Å²) < 4.78 is 6.48. The van der Waals surface area contributed by atoms with Gasteiger partial charge in [0.25, 0.3) is 0 Å². The van der Waals surface area contributed by atoms with Gasteiger partial charge in [-0.2, -0.15) is 0 Å². The molecule has 0 aliphatic carbocycles. The van der Waals surface area contributed by atoms with Crippen molar-refractivity contribution in [1.29, 1.82) is 0 Å². The lowest BCUT2D eigenvalue weighted by Gasteiger charge is -2.11. The van der Waals surface area contributed by atoms with Crippen molar-refractivity contribution in [2.24, 2.45) is 5.84 Å². The van der Waals surface area contributed by atoms with Gasteiger partial charge < -0.3 is 4.74 Å². The summed E-state index contributed by atoms with van der Waals surface area (Å²) in [6, 6.07) is 7.87. The third kappa shape index (κ3) is 3.76. The second kappa shape index (κ2) is 5.21. The van der Waals surface area contributed by atoms with E-state index in [0.29, 0.717) is 6.61 Å². The van der Waals surface area contributed by atoms with E-state index >= 15 is 0 Å². The maximum absolute atomic E-state index is 5.47. The van der Waals surface area contributed by atoms with Crippen molar-refractivity contribution in [2.45, 2.75) is 13.0 Å². The fraction of sp³-hybridized carbons (Fsp3) is 0.333. The highest BCUT2D eigenvalue weighted by atomic mass is 79.9. The van der Waals surface area contributed by atoms with Crippen LogP contribution in [0.5, 0.6) is 5.75 Å². The first-order valence-corrected chi connectivity index (χ1v) is 4.86. The number of hydrazine groups is 1. The van der Waals surface area contributed by atoms with Crippen LogP contribution in [-0.2, 0) is 0 Å². The summed E-state index contributed by atoms with van der Waals surface area (Å²) in [5.41, 5.74) is 2.61. The van der Waals surface area contributed by atoms with Crippen molar-refractivity contribution < 1.29 is 4.74 Å². The van der Waals surface area contributed by atoms with E-state index in [1.54, 1.807) is 0 Å². The van der Waals surface area contributed by atoms with Gasteiger partial charge in [0.1, 0.15) is 12.4 Å². The molecule has 0 fully saturated rings. The summed E-state index contributed by atoms with van der Waals surface area (Å²) in [4.78, 5) is 0. The summed E-state index contributed by atoms with van der Waals surface area (Å²) >= 11 is 3.37. The van der Waals surface area contributed by atoms with Crippen LogP contribution in [0.15, 0.2) is 28.7 Å². The van der Waals surface area contributed by atoms with Gasteiger partial charge in [0.15, 0.2) is 0 Å². The lowest BCUT2D eigenvalue weighted by atomic mass is 10.3. The number of rotatable bonds is 4. The molecular weight excluding hydrogens is 232 g/mol. The van der Waals surface area contributed by atoms with Gasteiger partial charge in [0.05, 0.1) is 6.04 Å². The second-order valence-corrected chi connectivity index (χ2v) is 3.75. The Morgan fingerprint density at radius 3 is 3.00 bits per heavy atom. The summed E-state index contributed by atoms with van der Waals surface area (Å²) in [5.74, 6) is 6.07. The largest absolute Gasteiger partial charge is 0.492 e. The highest BCUT2D eigenvalue weighted by Crippen LogP contribution is 2.17. The first-order chi connectivity index (χ1) is 6.22. The van der Waals surface area contributed by atoms with Gasteiger partial charge in [0, 0.05) is 4.47 Å². The summed E-state index contributed by atoms with van der Waals surface area (Å²) in [7, 11) is 0. The van der Waals surface area contributed by atoms with Gasteiger partial charge >= 0.3 is 0 Å². The third-order valence-electron chi connectivity index (χ3n) is 1.58. The van der Waals surface area contributed by atoms with Crippen molar-refractivity contribution >= 4 is 15.9 Å². The average Bonchev–Trinajstić information content (AvgIpc) is 2.14. The molecule has 0 bridgehead atoms. The van der Waals surface area contributed by atoms with E-state index < -0.39 is 0 Å². The van der Waals surface area contributed by atoms with Crippen LogP contribution < -0.4 is 16.0 Å². The first kappa shape index (κ1) is 10.5. The molecule has 13 heavy (non-hydrogen) atoms. The highest BCUT2D eigenvalue weighted by Gasteiger charge is 1.99. The molecule has 4 heteroatoms. The van der Waals surface area contributed by atoms with Crippen molar-refractivity contribution in [3.63, 3.8) is 0 Å². The van der Waals surface area contributed by atoms with Crippen LogP contribution in [0.1, 0.15) is 6.92 Å². The number of nitrogens with one attached hydrogen (secondary N) is 1. The van der Waals surface area contributed by atoms with Crippen molar-refractivity contribution in [2.75, 3.05) is 6.61 Å². The predicted molar refractivity (Wildman–Crippen MR) is 56.4 cm³/mol. The standard InChI is InChI=1S/C9H13BrN2O/c1-7(12-11)6-13-9-4-2-3-8(10)5-9/h2-5,7,12H,6,11H2,1H3. The minimum Gasteiger partial charge on any atom is -0.492 e. The van der Waals surface area contributed by atoms with E-state index in [1.165, 1.54) is 0 Å². The number of benzene rings is 1. The van der Waals surface area contributed by atoms with Gasteiger partial charge in [-0.05, 0) is 25.1 Å². The number of nitrogens with two attached hydrogens (primary N) is 1. The minimum absolute atomic E-state index is 0.152. The van der Waals surface area contributed by atoms with E-state index in [4.69, 9.17) is 10.6 Å². The Hall–Kier alpha value is -0.580. The zero-order chi connectivity index (χ0) is 9.68. The molecule has 0 aliphatic heterocycles. The van der Waals surface area contributed by atoms with Crippen LogP contribution in [0.3, 0.4) is 0 Å². The van der Waals surface area contributed by atoms with Gasteiger partial charge in [0.2, 0.25) is 0 Å². The highest BCUT2D eigenvalue weighted by molar-refractivity contribution is 9.10. The van der Waals surface area contributed by atoms with Gasteiger partial charge in [-0.3, -0.25) is 11.3 Å². The molecule has 1 aromatic rings. The quantitative estimate of drug-likeness (QED) is 0.626. The predicted octanol–water partition coefficient (Wildman–Crippen LogP) is 1.68. The second-order valence-electron chi connectivity index (χ2n) is 2.84. The number of halogens is 1. The maximum atomic E-state index is 5.47. The Morgan fingerprint density at radius 1 is 1.62 bits per heavy atom. The Balaban J connectivity index is 2.45. The number of hydrogen-bond acceptors (Lipinski definition) is 3. The molecule has 72 valence electrons. The van der Waals surface area contributed by atoms with Crippen molar-refractivity contribution in [3.05, 3.63) is 28.7 Å². The Labute approximate surface area is 86.4 Å². The Bertz CT molecular complexity index is 268. The molecule has 0 aromatic heterocycles. The minimum atomic E-state index is 0.152. The molecule has 0 saturated carbocycles. The third-order valence-corrected chi connectivity index (χ3v) is 2.07. The van der Waals surface area contributed by atoms with Crippen molar-refractivity contribution in [1.82, 2.24) is 5.43 Å². The molecular formula is C9H13BrN2O. The molecule has 0 heterocycles. The molecule has 3 nitrogen and oxygen atoms in total. The molecule has 0 spiro atoms. The van der Waals surface area contributed by atoms with E-state index in [-0.39, 0.29) is 6.04 Å². The Morgan fingerprint density at radius 2 is 2.38 bits per heavy atom. The fourth-order valence-electron chi connectivity index (χ4n) is 0.826. The van der Waals surface area contributed by atoms with Crippen LogP contribution in [0, 0.1) is 0 Å². The van der Waals surface area contributed by atoms with Gasteiger partial charge in [-0.25, -0.2) is 0 Å². The molecule has 0 amide bonds. The maximum Gasteiger partial charge on any atom is 0.120 e. The average molecular weight is 245 g/mol. The fourth-order valence-corrected chi connectivity index (χ4v) is 1.20. The lowest BCUT2D eigenvalue weighted by molar-refractivity contribution is 0.274. The first-order valence-electron chi connectivity index (χ1n) is 4.07. The lowest BCUT2D eigenvalue weighted by Crippen LogP contribution is -2.36. The van der Waals surface area contributed by atoms with E-state index in [1.807, 2.05) is 31.2 Å². The SMILES string of the molecule is CC(COc1cccc(Br)c1)NN. The van der Waals surface area contributed by atoms with Crippen LogP contribution in [0.4, 0.5) is 0 Å². The van der Waals surface area contributed by atoms with Crippen molar-refractivity contribution in [3.8, 4) is 5.75 Å². The Kier molecular flexibility index (Phi) is 4.21. The molecule has 0 radical (unpaired) electrons. The molecule has 3 N–H and O–H groups in total. The summed E-state index contributed by atoms with van der Waals surface area (Å²) in [6.07, 6.45) is 0. The number of hydrogen-bond donors (Lipinski definition) is 2. The zero-order valence-electron chi connectivity index (χ0n) is 7.46. The van der Waals surface area contributed by atoms with E-state index in [0.717, 1.165) is 10.2 Å². The molecule has 0 saturated heterocycles. The smallest absolute Gasteiger partial charge is 0.120 e. The number of ether oxygens (including phenoxy) is 1. The monoisotopic (exact) mass is 244 g/mol. The van der Waals surface area contributed by atoms with E-state index in [9.17, 15) is 0 Å². The molecule has 1 rings (SSSR count). The van der Waals surface area contributed by atoms with Gasteiger partial charge in [-0.1, -0.05) is 22.0 Å². The molecule has 1 unspecified atom stereocenters. The molecule has 1 atom stereocenters. The normalized spacial score (nSPS) is 12.5. The summed E-state index contributed by atoms with van der Waals surface area (Å²) in [5, 5.41) is 0. The van der Waals surface area contributed by atoms with Crippen LogP contribution in [0.25, 0.3) is 0 Å². The van der Waals surface area contributed by atoms with Gasteiger partial charge in [-0.15, -0.1) is 0 Å². The summed E-state index contributed by atoms with van der Waals surface area (Å²) in [6.45, 7) is 2.52. The molecule has 1 aromatic carbocycles. The molecule has 0 aliphatic rings. The van der Waals surface area contributed by atoms with Crippen LogP contribution >= 0.6 is 15.9 Å². The topological polar surface area (TPSA) is 47.3 Å². The van der Waals surface area contributed by atoms with Crippen LogP contribution in [0.2, 0.25) is 0 Å². The zero-order valence-corrected chi connectivity index (χ0v) is 9.04. The van der Waals surface area contributed by atoms with Crippen LogP contribution in [-0.4, -0.2) is 12.6 Å².